The number of piperidine rings is 3. The molecule has 0 aliphatic carbocycles. The second kappa shape index (κ2) is 4.04. The maximum Gasteiger partial charge on any atom is 0.0348 e. The minimum Gasteiger partial charge on any atom is -0.314 e. The molecule has 4 aliphatic heterocycles. The lowest BCUT2D eigenvalue weighted by Gasteiger charge is -2.52. The molecule has 2 bridgehead atoms. The fourth-order valence-electron chi connectivity index (χ4n) is 3.58. The van der Waals surface area contributed by atoms with E-state index in [-0.39, 0.29) is 0 Å². The first-order valence-electron chi connectivity index (χ1n) is 6.57. The van der Waals surface area contributed by atoms with E-state index >= 15 is 0 Å². The van der Waals surface area contributed by atoms with E-state index in [1.165, 1.54) is 52.1 Å². The second-order valence-electron chi connectivity index (χ2n) is 5.35. The number of nitrogens with one attached hydrogen (secondary N) is 1. The third kappa shape index (κ3) is 1.71. The van der Waals surface area contributed by atoms with Crippen LogP contribution in [0.15, 0.2) is 0 Å². The van der Waals surface area contributed by atoms with Crippen molar-refractivity contribution in [3.05, 3.63) is 0 Å². The fraction of sp³-hybridized carbons (Fsp3) is 1.00. The van der Waals surface area contributed by atoms with Crippen molar-refractivity contribution < 1.29 is 0 Å². The number of nitrogens with zero attached hydrogens (tertiary/aromatic N) is 2. The van der Waals surface area contributed by atoms with Crippen LogP contribution in [0.25, 0.3) is 0 Å². The van der Waals surface area contributed by atoms with E-state index < -0.39 is 0 Å². The van der Waals surface area contributed by atoms with E-state index in [4.69, 9.17) is 0 Å². The highest BCUT2D eigenvalue weighted by Crippen LogP contribution is 2.32. The van der Waals surface area contributed by atoms with E-state index in [0.717, 1.165) is 18.0 Å². The van der Waals surface area contributed by atoms with Gasteiger partial charge in [0.2, 0.25) is 0 Å². The highest BCUT2D eigenvalue weighted by Gasteiger charge is 2.40. The lowest BCUT2D eigenvalue weighted by atomic mass is 9.82. The molecular formula is C12H23N3. The summed E-state index contributed by atoms with van der Waals surface area (Å²) < 4.78 is 0. The van der Waals surface area contributed by atoms with Gasteiger partial charge in [0.15, 0.2) is 0 Å². The Morgan fingerprint density at radius 3 is 2.40 bits per heavy atom. The van der Waals surface area contributed by atoms with E-state index in [9.17, 15) is 0 Å². The predicted octanol–water partition coefficient (Wildman–Crippen LogP) is 0.374. The van der Waals surface area contributed by atoms with Crippen LogP contribution in [-0.2, 0) is 0 Å². The minimum absolute atomic E-state index is 0.834. The molecule has 4 fully saturated rings. The Morgan fingerprint density at radius 1 is 1.27 bits per heavy atom. The Morgan fingerprint density at radius 2 is 2.00 bits per heavy atom. The molecular weight excluding hydrogens is 186 g/mol. The molecule has 4 heterocycles. The first-order chi connectivity index (χ1) is 7.38. The number of fused-ring (bicyclic) bond motifs is 3. The van der Waals surface area contributed by atoms with Crippen LogP contribution in [0.3, 0.4) is 0 Å². The maximum atomic E-state index is 3.40. The summed E-state index contributed by atoms with van der Waals surface area (Å²) in [4.78, 5) is 5.44. The molecule has 1 atom stereocenters. The van der Waals surface area contributed by atoms with Gasteiger partial charge in [-0.1, -0.05) is 6.92 Å². The van der Waals surface area contributed by atoms with Crippen molar-refractivity contribution in [2.75, 3.05) is 39.3 Å². The summed E-state index contributed by atoms with van der Waals surface area (Å²) >= 11 is 0. The third-order valence-corrected chi connectivity index (χ3v) is 4.64. The third-order valence-electron chi connectivity index (χ3n) is 4.64. The number of rotatable bonds is 3. The Labute approximate surface area is 92.8 Å². The molecule has 15 heavy (non-hydrogen) atoms. The molecule has 0 saturated carbocycles. The van der Waals surface area contributed by atoms with Gasteiger partial charge >= 0.3 is 0 Å². The predicted molar refractivity (Wildman–Crippen MR) is 62.0 cm³/mol. The molecule has 3 heteroatoms. The topological polar surface area (TPSA) is 18.5 Å². The Hall–Kier alpha value is -0.120. The van der Waals surface area contributed by atoms with Gasteiger partial charge in [-0.05, 0) is 38.4 Å². The summed E-state index contributed by atoms with van der Waals surface area (Å²) in [6, 6.07) is 1.70. The van der Waals surface area contributed by atoms with Crippen LogP contribution >= 0.6 is 0 Å². The summed E-state index contributed by atoms with van der Waals surface area (Å²) in [6.07, 6.45) is 2.89. The van der Waals surface area contributed by atoms with Crippen LogP contribution in [0.1, 0.15) is 19.8 Å². The molecule has 86 valence electrons. The zero-order valence-corrected chi connectivity index (χ0v) is 9.78. The fourth-order valence-corrected chi connectivity index (χ4v) is 3.58. The number of likely N-dealkylation sites (N-methyl/N-ethyl adjacent to an activating group) is 1. The van der Waals surface area contributed by atoms with Gasteiger partial charge in [-0.2, -0.15) is 0 Å². The summed E-state index contributed by atoms with van der Waals surface area (Å²) in [5, 5.41) is 3.40. The first-order valence-corrected chi connectivity index (χ1v) is 6.57. The van der Waals surface area contributed by atoms with Crippen LogP contribution in [-0.4, -0.2) is 61.2 Å². The summed E-state index contributed by atoms with van der Waals surface area (Å²) in [7, 11) is 0. The van der Waals surface area contributed by atoms with Gasteiger partial charge in [0.25, 0.3) is 0 Å². The summed E-state index contributed by atoms with van der Waals surface area (Å²) in [6.45, 7) is 10.1. The van der Waals surface area contributed by atoms with Crippen molar-refractivity contribution in [3.8, 4) is 0 Å². The van der Waals surface area contributed by atoms with Crippen LogP contribution in [0, 0.1) is 5.92 Å². The standard InChI is InChI=1S/C12H23N3/c1-2-15(11-7-13-8-11)12-9-14-5-3-10(12)4-6-14/h10-13H,2-9H2,1H3. The summed E-state index contributed by atoms with van der Waals surface area (Å²) in [5.41, 5.74) is 0. The van der Waals surface area contributed by atoms with Gasteiger partial charge in [-0.25, -0.2) is 0 Å². The van der Waals surface area contributed by atoms with Crippen molar-refractivity contribution in [1.29, 1.82) is 0 Å². The highest BCUT2D eigenvalue weighted by atomic mass is 15.3. The molecule has 0 amide bonds. The molecule has 0 aromatic rings. The van der Waals surface area contributed by atoms with Crippen molar-refractivity contribution in [1.82, 2.24) is 15.1 Å². The normalized spacial score (nSPS) is 40.8. The lowest BCUT2D eigenvalue weighted by molar-refractivity contribution is -0.0223. The van der Waals surface area contributed by atoms with Crippen LogP contribution in [0.5, 0.6) is 0 Å². The molecule has 0 aromatic carbocycles. The molecule has 0 spiro atoms. The molecule has 1 unspecified atom stereocenters. The number of hydrogen-bond acceptors (Lipinski definition) is 3. The largest absolute Gasteiger partial charge is 0.314 e. The van der Waals surface area contributed by atoms with E-state index in [0.29, 0.717) is 0 Å². The lowest BCUT2D eigenvalue weighted by Crippen LogP contribution is -2.65. The molecule has 1 N–H and O–H groups in total. The zero-order valence-electron chi connectivity index (χ0n) is 9.78. The number of hydrogen-bond donors (Lipinski definition) is 1. The first kappa shape index (κ1) is 10.1. The average Bonchev–Trinajstić information content (AvgIpc) is 2.24. The Balaban J connectivity index is 1.68. The van der Waals surface area contributed by atoms with Gasteiger partial charge in [-0.15, -0.1) is 0 Å². The van der Waals surface area contributed by atoms with Crippen molar-refractivity contribution in [2.45, 2.75) is 31.8 Å². The van der Waals surface area contributed by atoms with Crippen molar-refractivity contribution in [3.63, 3.8) is 0 Å². The van der Waals surface area contributed by atoms with Gasteiger partial charge in [0.1, 0.15) is 0 Å². The van der Waals surface area contributed by atoms with Crippen LogP contribution in [0.2, 0.25) is 0 Å². The zero-order chi connectivity index (χ0) is 10.3. The Bertz CT molecular complexity index is 219. The maximum absolute atomic E-state index is 3.40. The van der Waals surface area contributed by atoms with E-state index in [1.807, 2.05) is 0 Å². The molecule has 3 nitrogen and oxygen atoms in total. The molecule has 0 aromatic heterocycles. The molecule has 4 saturated heterocycles. The van der Waals surface area contributed by atoms with Crippen LogP contribution in [0.4, 0.5) is 0 Å². The van der Waals surface area contributed by atoms with Gasteiger partial charge in [0.05, 0.1) is 0 Å². The second-order valence-corrected chi connectivity index (χ2v) is 5.35. The van der Waals surface area contributed by atoms with Crippen molar-refractivity contribution >= 4 is 0 Å². The monoisotopic (exact) mass is 209 g/mol. The SMILES string of the molecule is CCN(C1CNC1)C1CN2CCC1CC2. The molecule has 4 rings (SSSR count). The molecule has 0 radical (unpaired) electrons. The van der Waals surface area contributed by atoms with Gasteiger partial charge in [-0.3, -0.25) is 4.90 Å². The molecule has 4 aliphatic rings. The van der Waals surface area contributed by atoms with E-state index in [1.54, 1.807) is 0 Å². The van der Waals surface area contributed by atoms with E-state index in [2.05, 4.69) is 22.0 Å². The smallest absolute Gasteiger partial charge is 0.0348 e. The van der Waals surface area contributed by atoms with Crippen molar-refractivity contribution in [2.24, 2.45) is 5.92 Å². The van der Waals surface area contributed by atoms with Gasteiger partial charge in [0, 0.05) is 31.7 Å². The minimum atomic E-state index is 0.834. The highest BCUT2D eigenvalue weighted by molar-refractivity contribution is 4.96. The summed E-state index contributed by atoms with van der Waals surface area (Å²) in [5.74, 6) is 0.996. The Kier molecular flexibility index (Phi) is 2.71. The quantitative estimate of drug-likeness (QED) is 0.725. The van der Waals surface area contributed by atoms with Crippen LogP contribution < -0.4 is 5.32 Å². The van der Waals surface area contributed by atoms with Gasteiger partial charge < -0.3 is 10.2 Å². The average molecular weight is 209 g/mol.